The zero-order valence-corrected chi connectivity index (χ0v) is 21.8. The maximum absolute atomic E-state index is 14.1. The molecule has 2 saturated carbocycles. The van der Waals surface area contributed by atoms with Gasteiger partial charge in [-0.15, -0.1) is 0 Å². The van der Waals surface area contributed by atoms with E-state index in [0.29, 0.717) is 18.9 Å². The summed E-state index contributed by atoms with van der Waals surface area (Å²) in [5.74, 6) is -1.53. The van der Waals surface area contributed by atoms with E-state index in [1.54, 1.807) is 0 Å². The Morgan fingerprint density at radius 1 is 1.13 bits per heavy atom. The number of methoxy groups -OCH3 is 1. The number of piperazine rings is 1. The normalized spacial score (nSPS) is 25.8. The van der Waals surface area contributed by atoms with Crippen LogP contribution in [-0.2, 0) is 25.5 Å². The van der Waals surface area contributed by atoms with Gasteiger partial charge in [0, 0.05) is 39.0 Å². The summed E-state index contributed by atoms with van der Waals surface area (Å²) < 4.78 is 113. The maximum atomic E-state index is 14.1. The van der Waals surface area contributed by atoms with Crippen LogP contribution in [0.25, 0.3) is 0 Å². The summed E-state index contributed by atoms with van der Waals surface area (Å²) in [7, 11) is -3.29. The molecule has 0 spiro atoms. The number of nitriles is 1. The average molecular weight is 583 g/mol. The lowest BCUT2D eigenvalue weighted by Gasteiger charge is -2.36. The van der Waals surface area contributed by atoms with Crippen LogP contribution >= 0.6 is 0 Å². The monoisotopic (exact) mass is 582 g/mol. The van der Waals surface area contributed by atoms with Crippen LogP contribution in [0.15, 0.2) is 23.1 Å². The van der Waals surface area contributed by atoms with E-state index in [9.17, 15) is 44.8 Å². The van der Waals surface area contributed by atoms with E-state index in [4.69, 9.17) is 4.74 Å². The molecule has 1 saturated heterocycles. The molecule has 1 aromatic carbocycles. The van der Waals surface area contributed by atoms with Gasteiger partial charge in [0.05, 0.1) is 40.3 Å². The number of benzene rings is 1. The zero-order chi connectivity index (χ0) is 28.8. The number of hydrogen-bond acceptors (Lipinski definition) is 7. The minimum atomic E-state index is -5.03. The second kappa shape index (κ2) is 10.4. The maximum Gasteiger partial charge on any atom is 0.417 e. The van der Waals surface area contributed by atoms with Crippen LogP contribution in [0.5, 0.6) is 0 Å². The Morgan fingerprint density at radius 3 is 2.28 bits per heavy atom. The Kier molecular flexibility index (Phi) is 7.87. The van der Waals surface area contributed by atoms with E-state index in [1.165, 1.54) is 18.1 Å². The molecule has 0 unspecified atom stereocenters. The summed E-state index contributed by atoms with van der Waals surface area (Å²) in [6, 6.07) is 4.81. The molecule has 0 bridgehead atoms. The van der Waals surface area contributed by atoms with Crippen LogP contribution < -0.4 is 10.2 Å². The first-order valence-corrected chi connectivity index (χ1v) is 13.9. The van der Waals surface area contributed by atoms with Gasteiger partial charge in [0.2, 0.25) is 5.91 Å². The van der Waals surface area contributed by atoms with Gasteiger partial charge in [-0.1, -0.05) is 0 Å². The van der Waals surface area contributed by atoms with E-state index in [-0.39, 0.29) is 44.7 Å². The predicted molar refractivity (Wildman–Crippen MR) is 126 cm³/mol. The van der Waals surface area contributed by atoms with Crippen molar-refractivity contribution in [1.29, 1.82) is 5.26 Å². The highest BCUT2D eigenvalue weighted by Crippen LogP contribution is 2.43. The summed E-state index contributed by atoms with van der Waals surface area (Å²) in [5.41, 5.74) is -2.32. The van der Waals surface area contributed by atoms with Gasteiger partial charge in [0.15, 0.2) is 9.84 Å². The molecular formula is C24H28F6N4O4S. The van der Waals surface area contributed by atoms with E-state index < -0.39 is 67.9 Å². The van der Waals surface area contributed by atoms with Crippen molar-refractivity contribution in [3.63, 3.8) is 0 Å². The molecule has 3 aliphatic rings. The van der Waals surface area contributed by atoms with E-state index in [0.717, 1.165) is 11.0 Å². The van der Waals surface area contributed by atoms with Crippen molar-refractivity contribution < 1.29 is 44.3 Å². The van der Waals surface area contributed by atoms with Gasteiger partial charge in [0.25, 0.3) is 0 Å². The quantitative estimate of drug-likeness (QED) is 0.493. The third kappa shape index (κ3) is 6.44. The Labute approximate surface area is 221 Å². The van der Waals surface area contributed by atoms with Gasteiger partial charge in [-0.25, -0.2) is 8.42 Å². The van der Waals surface area contributed by atoms with Crippen molar-refractivity contribution in [2.45, 2.75) is 59.8 Å². The molecule has 2 aliphatic carbocycles. The van der Waals surface area contributed by atoms with E-state index in [2.05, 4.69) is 5.32 Å². The van der Waals surface area contributed by atoms with Crippen molar-refractivity contribution in [2.24, 2.45) is 5.92 Å². The summed E-state index contributed by atoms with van der Waals surface area (Å²) in [6.07, 6.45) is -9.83. The second-order valence-corrected chi connectivity index (χ2v) is 12.5. The third-order valence-corrected chi connectivity index (χ3v) is 9.81. The minimum absolute atomic E-state index is 0.0159. The summed E-state index contributed by atoms with van der Waals surface area (Å²) in [4.78, 5) is 14.5. The number of alkyl halides is 6. The van der Waals surface area contributed by atoms with Gasteiger partial charge in [-0.3, -0.25) is 9.69 Å². The number of sulfone groups is 1. The number of carbonyl (C=O) groups is 1. The first-order chi connectivity index (χ1) is 18.1. The molecule has 1 aromatic rings. The lowest BCUT2D eigenvalue weighted by atomic mass is 10.0. The molecule has 39 heavy (non-hydrogen) atoms. The van der Waals surface area contributed by atoms with Crippen molar-refractivity contribution in [2.75, 3.05) is 44.7 Å². The van der Waals surface area contributed by atoms with Crippen molar-refractivity contribution in [3.05, 3.63) is 23.8 Å². The molecule has 1 aliphatic heterocycles. The lowest BCUT2D eigenvalue weighted by molar-refractivity contribution is -0.146. The van der Waals surface area contributed by atoms with E-state index in [1.807, 2.05) is 6.07 Å². The number of rotatable bonds is 7. The fraction of sp³-hybridized carbons (Fsp3) is 0.667. The molecule has 3 atom stereocenters. The molecule has 1 amide bonds. The van der Waals surface area contributed by atoms with Gasteiger partial charge in [0.1, 0.15) is 5.54 Å². The second-order valence-electron chi connectivity index (χ2n) is 10.3. The highest BCUT2D eigenvalue weighted by Gasteiger charge is 2.51. The summed E-state index contributed by atoms with van der Waals surface area (Å²) in [5, 5.41) is 10.5. The molecule has 8 nitrogen and oxygen atoms in total. The lowest BCUT2D eigenvalue weighted by Crippen LogP contribution is -2.49. The zero-order valence-electron chi connectivity index (χ0n) is 21.0. The van der Waals surface area contributed by atoms with Crippen LogP contribution in [0.2, 0.25) is 0 Å². The summed E-state index contributed by atoms with van der Waals surface area (Å²) >= 11 is 0. The Morgan fingerprint density at radius 2 is 1.77 bits per heavy atom. The number of nitrogens with one attached hydrogen (secondary N) is 1. The molecule has 1 N–H and O–H groups in total. The number of amides is 1. The number of halogens is 6. The number of ether oxygens (including phenoxy) is 1. The molecule has 3 fully saturated rings. The molecule has 216 valence electrons. The molecular weight excluding hydrogens is 554 g/mol. The van der Waals surface area contributed by atoms with Crippen molar-refractivity contribution >= 4 is 21.4 Å². The number of anilines is 1. The van der Waals surface area contributed by atoms with Crippen LogP contribution in [0.3, 0.4) is 0 Å². The minimum Gasteiger partial charge on any atom is -0.381 e. The third-order valence-electron chi connectivity index (χ3n) is 7.58. The van der Waals surface area contributed by atoms with Crippen LogP contribution in [0.1, 0.15) is 31.2 Å². The average Bonchev–Trinajstić information content (AvgIpc) is 3.48. The molecule has 4 rings (SSSR count). The smallest absolute Gasteiger partial charge is 0.381 e. The Hall–Kier alpha value is -2.57. The number of carbonyl (C=O) groups excluding carboxylic acids is 1. The summed E-state index contributed by atoms with van der Waals surface area (Å²) in [6.45, 7) is -1.07. The Balaban J connectivity index is 1.55. The van der Waals surface area contributed by atoms with Crippen molar-refractivity contribution in [1.82, 2.24) is 10.2 Å². The predicted octanol–water partition coefficient (Wildman–Crippen LogP) is 3.13. The fourth-order valence-electron chi connectivity index (χ4n) is 5.24. The van der Waals surface area contributed by atoms with Crippen LogP contribution in [0.4, 0.5) is 32.0 Å². The highest BCUT2D eigenvalue weighted by molar-refractivity contribution is 7.92. The standard InChI is InChI=1S/C24H28F6N4O4S/c1-38-19-12-16(11-17(19)21(35)32-22(13-31)4-5-22)39(36,37)20-3-2-15(10-18(20)24(28,29)30)34-8-6-33(7-9-34)14-23(25,26)27/h2-3,10,16-17,19H,4-9,11-12,14H2,1H3,(H,32,35)/t16-,17-,19-/m0/s1. The fourth-order valence-corrected chi connectivity index (χ4v) is 7.25. The van der Waals surface area contributed by atoms with Gasteiger partial charge in [-0.05, 0) is 43.9 Å². The molecule has 1 heterocycles. The SMILES string of the molecule is CO[C@H]1C[C@@H](S(=O)(=O)c2ccc(N3CCN(CC(F)(F)F)CC3)cc2C(F)(F)F)C[C@@H]1C(=O)NC1(C#N)CC1. The van der Waals surface area contributed by atoms with E-state index >= 15 is 0 Å². The molecule has 15 heteroatoms. The van der Waals surface area contributed by atoms with Crippen LogP contribution in [0, 0.1) is 17.2 Å². The molecule has 0 aromatic heterocycles. The van der Waals surface area contributed by atoms with Crippen molar-refractivity contribution in [3.8, 4) is 6.07 Å². The largest absolute Gasteiger partial charge is 0.417 e. The molecule has 0 radical (unpaired) electrons. The first-order valence-electron chi connectivity index (χ1n) is 12.3. The number of nitrogens with zero attached hydrogens (tertiary/aromatic N) is 3. The first kappa shape index (κ1) is 29.4. The van der Waals surface area contributed by atoms with Gasteiger partial charge in [-0.2, -0.15) is 31.6 Å². The van der Waals surface area contributed by atoms with Gasteiger partial charge < -0.3 is 15.0 Å². The van der Waals surface area contributed by atoms with Crippen LogP contribution in [-0.4, -0.2) is 82.1 Å². The van der Waals surface area contributed by atoms with Gasteiger partial charge >= 0.3 is 12.4 Å². The topological polar surface area (TPSA) is 103 Å². The number of hydrogen-bond donors (Lipinski definition) is 1. The Bertz CT molecular complexity index is 1230. The highest BCUT2D eigenvalue weighted by atomic mass is 32.2.